The van der Waals surface area contributed by atoms with Crippen LogP contribution >= 0.6 is 0 Å². The summed E-state index contributed by atoms with van der Waals surface area (Å²) in [6, 6.07) is 20.9. The number of benzene rings is 3. The van der Waals surface area contributed by atoms with Crippen molar-refractivity contribution in [2.24, 2.45) is 0 Å². The number of fused-ring (bicyclic) bond motifs is 1. The minimum absolute atomic E-state index is 0.321. The van der Waals surface area contributed by atoms with Gasteiger partial charge in [0.15, 0.2) is 0 Å². The normalized spacial score (nSPS) is 12.7. The van der Waals surface area contributed by atoms with Crippen LogP contribution in [0.4, 0.5) is 5.69 Å². The molecule has 166 valence electrons. The van der Waals surface area contributed by atoms with Crippen LogP contribution in [0.2, 0.25) is 0 Å². The third-order valence-electron chi connectivity index (χ3n) is 6.12. The van der Waals surface area contributed by atoms with Gasteiger partial charge in [0, 0.05) is 17.8 Å². The first-order chi connectivity index (χ1) is 15.4. The van der Waals surface area contributed by atoms with Gasteiger partial charge in [-0.25, -0.2) is 4.79 Å². The average Bonchev–Trinajstić information content (AvgIpc) is 2.82. The zero-order valence-corrected chi connectivity index (χ0v) is 20.2. The van der Waals surface area contributed by atoms with E-state index in [4.69, 9.17) is 4.74 Å². The fourth-order valence-electron chi connectivity index (χ4n) is 4.27. The van der Waals surface area contributed by atoms with Crippen LogP contribution in [0.25, 0.3) is 5.57 Å². The number of aryl methyl sites for hydroxylation is 3. The van der Waals surface area contributed by atoms with E-state index in [0.717, 1.165) is 28.0 Å². The molecule has 0 aromatic heterocycles. The van der Waals surface area contributed by atoms with Gasteiger partial charge in [-0.3, -0.25) is 0 Å². The molecule has 1 aliphatic rings. The van der Waals surface area contributed by atoms with Gasteiger partial charge >= 0.3 is 5.97 Å². The van der Waals surface area contributed by atoms with Crippen molar-refractivity contribution in [2.45, 2.75) is 48.1 Å². The van der Waals surface area contributed by atoms with Gasteiger partial charge in [-0.1, -0.05) is 68.4 Å². The van der Waals surface area contributed by atoms with Crippen LogP contribution in [-0.2, 0) is 16.1 Å². The molecule has 1 aliphatic heterocycles. The fraction of sp³-hybridized carbons (Fsp3) is 0.276. The van der Waals surface area contributed by atoms with Crippen molar-refractivity contribution in [1.82, 2.24) is 0 Å². The lowest BCUT2D eigenvalue weighted by Crippen LogP contribution is -2.33. The molecule has 1 heterocycles. The Labute approximate surface area is 192 Å². The number of para-hydroxylation sites is 1. The molecule has 3 aromatic carbocycles. The van der Waals surface area contributed by atoms with Crippen molar-refractivity contribution < 1.29 is 9.53 Å². The Morgan fingerprint density at radius 3 is 2.06 bits per heavy atom. The van der Waals surface area contributed by atoms with Crippen molar-refractivity contribution in [3.05, 3.63) is 105 Å². The molecular weight excluding hydrogens is 394 g/mol. The van der Waals surface area contributed by atoms with Crippen molar-refractivity contribution in [2.75, 3.05) is 12.0 Å². The maximum absolute atomic E-state index is 13.2. The summed E-state index contributed by atoms with van der Waals surface area (Å²) < 4.78 is 5.29. The Morgan fingerprint density at radius 1 is 0.844 bits per heavy atom. The molecule has 0 amide bonds. The Kier molecular flexibility index (Phi) is 7.19. The Bertz CT molecular complexity index is 1150. The average molecular weight is 428 g/mol. The molecule has 32 heavy (non-hydrogen) atoms. The second kappa shape index (κ2) is 9.86. The number of hydrogen-bond acceptors (Lipinski definition) is 3. The molecule has 0 N–H and O–H groups in total. The lowest BCUT2D eigenvalue weighted by atomic mass is 9.86. The van der Waals surface area contributed by atoms with E-state index < -0.39 is 0 Å². The van der Waals surface area contributed by atoms with Crippen LogP contribution in [0.15, 0.2) is 66.4 Å². The number of anilines is 1. The quantitative estimate of drug-likeness (QED) is 0.426. The monoisotopic (exact) mass is 427 g/mol. The number of rotatable bonds is 3. The summed E-state index contributed by atoms with van der Waals surface area (Å²) in [5.41, 5.74) is 10.7. The standard InChI is InChI=1S/C27H27NO2.C2H6/c1-17-10-6-9-13-24(17)28-16-21-11-7-8-12-23(21)25(26(28)27(29)30-5)22-14-18(2)20(4)19(3)15-22;1-2/h6-15H,16H2,1-5H3;1-2H3. The van der Waals surface area contributed by atoms with Crippen LogP contribution in [0.5, 0.6) is 0 Å². The number of ether oxygens (including phenoxy) is 1. The predicted octanol–water partition coefficient (Wildman–Crippen LogP) is 6.90. The highest BCUT2D eigenvalue weighted by Gasteiger charge is 2.32. The van der Waals surface area contributed by atoms with E-state index in [1.807, 2.05) is 32.0 Å². The number of esters is 1. The van der Waals surface area contributed by atoms with Crippen LogP contribution in [0.3, 0.4) is 0 Å². The second-order valence-corrected chi connectivity index (χ2v) is 7.98. The summed E-state index contributed by atoms with van der Waals surface area (Å²) in [5.74, 6) is -0.321. The van der Waals surface area contributed by atoms with Gasteiger partial charge in [0.1, 0.15) is 5.70 Å². The van der Waals surface area contributed by atoms with Gasteiger partial charge in [0.2, 0.25) is 0 Å². The number of carbonyl (C=O) groups excluding carboxylic acids is 1. The topological polar surface area (TPSA) is 29.5 Å². The molecule has 0 saturated heterocycles. The van der Waals surface area contributed by atoms with E-state index in [1.54, 1.807) is 0 Å². The summed E-state index contributed by atoms with van der Waals surface area (Å²) >= 11 is 0. The molecule has 0 radical (unpaired) electrons. The first-order valence-corrected chi connectivity index (χ1v) is 11.2. The molecular formula is C29H33NO2. The molecule has 0 bridgehead atoms. The summed E-state index contributed by atoms with van der Waals surface area (Å²) in [4.78, 5) is 15.3. The van der Waals surface area contributed by atoms with Crippen LogP contribution in [0.1, 0.15) is 52.8 Å². The third-order valence-corrected chi connectivity index (χ3v) is 6.12. The zero-order valence-electron chi connectivity index (χ0n) is 20.2. The Morgan fingerprint density at radius 2 is 1.44 bits per heavy atom. The largest absolute Gasteiger partial charge is 0.464 e. The highest BCUT2D eigenvalue weighted by Crippen LogP contribution is 2.40. The van der Waals surface area contributed by atoms with Crippen LogP contribution in [0, 0.1) is 27.7 Å². The predicted molar refractivity (Wildman–Crippen MR) is 134 cm³/mol. The van der Waals surface area contributed by atoms with Gasteiger partial charge in [-0.05, 0) is 72.7 Å². The van der Waals surface area contributed by atoms with Gasteiger partial charge in [-0.15, -0.1) is 0 Å². The van der Waals surface area contributed by atoms with E-state index >= 15 is 0 Å². The first kappa shape index (κ1) is 23.3. The minimum atomic E-state index is -0.321. The van der Waals surface area contributed by atoms with Gasteiger partial charge in [-0.2, -0.15) is 0 Å². The molecule has 0 aliphatic carbocycles. The molecule has 3 heteroatoms. The molecule has 3 aromatic rings. The summed E-state index contributed by atoms with van der Waals surface area (Å²) in [7, 11) is 1.45. The van der Waals surface area contributed by atoms with Gasteiger partial charge in [0.05, 0.1) is 7.11 Å². The molecule has 0 atom stereocenters. The molecule has 4 rings (SSSR count). The smallest absolute Gasteiger partial charge is 0.355 e. The van der Waals surface area contributed by atoms with Crippen LogP contribution in [-0.4, -0.2) is 13.1 Å². The lowest BCUT2D eigenvalue weighted by molar-refractivity contribution is -0.136. The number of methoxy groups -OCH3 is 1. The van der Waals surface area contributed by atoms with E-state index in [0.29, 0.717) is 12.2 Å². The Hall–Kier alpha value is -3.33. The van der Waals surface area contributed by atoms with Gasteiger partial charge in [0.25, 0.3) is 0 Å². The molecule has 3 nitrogen and oxygen atoms in total. The molecule has 0 unspecified atom stereocenters. The molecule has 0 spiro atoms. The number of hydrogen-bond donors (Lipinski definition) is 0. The Balaban J connectivity index is 0.00000141. The maximum atomic E-state index is 13.2. The molecule has 0 saturated carbocycles. The van der Waals surface area contributed by atoms with Crippen molar-refractivity contribution >= 4 is 17.2 Å². The lowest BCUT2D eigenvalue weighted by Gasteiger charge is -2.35. The van der Waals surface area contributed by atoms with E-state index in [2.05, 4.69) is 75.1 Å². The zero-order chi connectivity index (χ0) is 23.4. The van der Waals surface area contributed by atoms with Crippen molar-refractivity contribution in [3.8, 4) is 0 Å². The number of carbonyl (C=O) groups is 1. The number of nitrogens with zero attached hydrogens (tertiary/aromatic N) is 1. The SMILES string of the molecule is CC.COC(=O)C1=C(c2cc(C)c(C)c(C)c2)c2ccccc2CN1c1ccccc1C. The van der Waals surface area contributed by atoms with Crippen LogP contribution < -0.4 is 4.90 Å². The van der Waals surface area contributed by atoms with Crippen molar-refractivity contribution in [3.63, 3.8) is 0 Å². The summed E-state index contributed by atoms with van der Waals surface area (Å²) in [6.07, 6.45) is 0. The molecule has 0 fully saturated rings. The second-order valence-electron chi connectivity index (χ2n) is 7.98. The van der Waals surface area contributed by atoms with E-state index in [-0.39, 0.29) is 5.97 Å². The fourth-order valence-corrected chi connectivity index (χ4v) is 4.27. The summed E-state index contributed by atoms with van der Waals surface area (Å²) in [6.45, 7) is 13.1. The van der Waals surface area contributed by atoms with E-state index in [9.17, 15) is 4.79 Å². The highest BCUT2D eigenvalue weighted by atomic mass is 16.5. The first-order valence-electron chi connectivity index (χ1n) is 11.2. The maximum Gasteiger partial charge on any atom is 0.355 e. The van der Waals surface area contributed by atoms with Gasteiger partial charge < -0.3 is 9.64 Å². The third kappa shape index (κ3) is 4.20. The van der Waals surface area contributed by atoms with E-state index in [1.165, 1.54) is 29.4 Å². The highest BCUT2D eigenvalue weighted by molar-refractivity contribution is 6.06. The van der Waals surface area contributed by atoms with Crippen molar-refractivity contribution in [1.29, 1.82) is 0 Å². The summed E-state index contributed by atoms with van der Waals surface area (Å²) in [5, 5.41) is 0. The minimum Gasteiger partial charge on any atom is -0.464 e.